The van der Waals surface area contributed by atoms with E-state index < -0.39 is 0 Å². The number of amides is 1. The summed E-state index contributed by atoms with van der Waals surface area (Å²) in [5.74, 6) is 2.33. The highest BCUT2D eigenvalue weighted by atomic mass is 16.6. The van der Waals surface area contributed by atoms with E-state index in [1.54, 1.807) is 0 Å². The molecular weight excluding hydrogens is 342 g/mol. The highest BCUT2D eigenvalue weighted by Gasteiger charge is 2.18. The normalized spacial score (nSPS) is 14.1. The molecule has 1 aromatic heterocycles. The Kier molecular flexibility index (Phi) is 4.75. The van der Waals surface area contributed by atoms with Crippen LogP contribution in [0, 0.1) is 6.92 Å². The fraction of sp³-hybridized carbons (Fsp3) is 0.318. The molecule has 0 fully saturated rings. The van der Waals surface area contributed by atoms with Crippen LogP contribution in [0.4, 0.5) is 0 Å². The molecule has 5 heteroatoms. The predicted molar refractivity (Wildman–Crippen MR) is 103 cm³/mol. The molecule has 3 aromatic rings. The van der Waals surface area contributed by atoms with Crippen LogP contribution in [-0.4, -0.2) is 19.1 Å². The van der Waals surface area contributed by atoms with Gasteiger partial charge in [-0.05, 0) is 44.0 Å². The smallest absolute Gasteiger partial charge is 0.220 e. The Morgan fingerprint density at radius 1 is 1.11 bits per heavy atom. The summed E-state index contributed by atoms with van der Waals surface area (Å²) in [7, 11) is 0. The van der Waals surface area contributed by atoms with Crippen molar-refractivity contribution in [1.82, 2.24) is 5.32 Å². The summed E-state index contributed by atoms with van der Waals surface area (Å²) < 4.78 is 17.1. The number of carbonyl (C=O) groups is 1. The maximum Gasteiger partial charge on any atom is 0.220 e. The van der Waals surface area contributed by atoms with Gasteiger partial charge in [-0.25, -0.2) is 0 Å². The topological polar surface area (TPSA) is 60.7 Å². The van der Waals surface area contributed by atoms with E-state index in [-0.39, 0.29) is 11.9 Å². The number of hydrogen-bond donors (Lipinski definition) is 1. The Hall–Kier alpha value is -2.95. The third-order valence-electron chi connectivity index (χ3n) is 4.90. The van der Waals surface area contributed by atoms with E-state index >= 15 is 0 Å². The molecule has 1 aliphatic rings. The van der Waals surface area contributed by atoms with Crippen molar-refractivity contribution in [3.63, 3.8) is 0 Å². The number of ether oxygens (including phenoxy) is 2. The fourth-order valence-electron chi connectivity index (χ4n) is 3.49. The summed E-state index contributed by atoms with van der Waals surface area (Å²) in [6.07, 6.45) is 1.05. The highest BCUT2D eigenvalue weighted by molar-refractivity contribution is 5.82. The first-order valence-corrected chi connectivity index (χ1v) is 9.28. The van der Waals surface area contributed by atoms with Gasteiger partial charge in [0, 0.05) is 17.4 Å². The standard InChI is InChI=1S/C22H23NO4/c1-14-17-5-3-4-6-18(17)27-22(14)15(2)23-21(24)10-8-16-7-9-19-20(13-16)26-12-11-25-19/h3-7,9,13,15H,8,10-12H2,1-2H3,(H,23,24). The van der Waals surface area contributed by atoms with Crippen LogP contribution in [0.3, 0.4) is 0 Å². The van der Waals surface area contributed by atoms with Crippen LogP contribution in [0.25, 0.3) is 11.0 Å². The van der Waals surface area contributed by atoms with Crippen LogP contribution < -0.4 is 14.8 Å². The number of rotatable bonds is 5. The molecular formula is C22H23NO4. The van der Waals surface area contributed by atoms with Crippen molar-refractivity contribution < 1.29 is 18.7 Å². The van der Waals surface area contributed by atoms with Crippen LogP contribution in [0.15, 0.2) is 46.9 Å². The summed E-state index contributed by atoms with van der Waals surface area (Å²) in [5, 5.41) is 4.13. The van der Waals surface area contributed by atoms with Crippen LogP contribution in [0.1, 0.15) is 36.3 Å². The lowest BCUT2D eigenvalue weighted by atomic mass is 10.1. The van der Waals surface area contributed by atoms with Gasteiger partial charge in [0.2, 0.25) is 5.91 Å². The van der Waals surface area contributed by atoms with Gasteiger partial charge >= 0.3 is 0 Å². The molecule has 1 unspecified atom stereocenters. The van der Waals surface area contributed by atoms with E-state index in [1.165, 1.54) is 0 Å². The summed E-state index contributed by atoms with van der Waals surface area (Å²) in [6.45, 7) is 5.12. The Balaban J connectivity index is 1.38. The largest absolute Gasteiger partial charge is 0.486 e. The second kappa shape index (κ2) is 7.35. The zero-order chi connectivity index (χ0) is 18.8. The maximum atomic E-state index is 12.4. The molecule has 0 saturated carbocycles. The zero-order valence-electron chi connectivity index (χ0n) is 15.6. The molecule has 1 atom stereocenters. The van der Waals surface area contributed by atoms with Crippen molar-refractivity contribution in [1.29, 1.82) is 0 Å². The van der Waals surface area contributed by atoms with Gasteiger partial charge in [-0.1, -0.05) is 24.3 Å². The molecule has 1 amide bonds. The third kappa shape index (κ3) is 3.63. The van der Waals surface area contributed by atoms with Gasteiger partial charge in [-0.3, -0.25) is 4.79 Å². The van der Waals surface area contributed by atoms with Crippen molar-refractivity contribution in [2.75, 3.05) is 13.2 Å². The van der Waals surface area contributed by atoms with Gasteiger partial charge in [-0.2, -0.15) is 0 Å². The predicted octanol–water partition coefficient (Wildman–Crippen LogP) is 4.32. The molecule has 0 bridgehead atoms. The van der Waals surface area contributed by atoms with E-state index in [0.29, 0.717) is 26.1 Å². The summed E-state index contributed by atoms with van der Waals surface area (Å²) in [6, 6.07) is 13.6. The van der Waals surface area contributed by atoms with Crippen LogP contribution >= 0.6 is 0 Å². The van der Waals surface area contributed by atoms with Crippen LogP contribution in [0.5, 0.6) is 11.5 Å². The van der Waals surface area contributed by atoms with Crippen molar-refractivity contribution in [2.24, 2.45) is 0 Å². The van der Waals surface area contributed by atoms with E-state index in [9.17, 15) is 4.79 Å². The lowest BCUT2D eigenvalue weighted by Crippen LogP contribution is -2.27. The summed E-state index contributed by atoms with van der Waals surface area (Å²) in [4.78, 5) is 12.4. The second-order valence-electron chi connectivity index (χ2n) is 6.85. The van der Waals surface area contributed by atoms with Crippen molar-refractivity contribution >= 4 is 16.9 Å². The molecule has 2 heterocycles. The zero-order valence-corrected chi connectivity index (χ0v) is 15.6. The first kappa shape index (κ1) is 17.5. The Morgan fingerprint density at radius 3 is 2.70 bits per heavy atom. The number of hydrogen-bond acceptors (Lipinski definition) is 4. The Labute approximate surface area is 158 Å². The number of carbonyl (C=O) groups excluding carboxylic acids is 1. The lowest BCUT2D eigenvalue weighted by Gasteiger charge is -2.19. The minimum Gasteiger partial charge on any atom is -0.486 e. The van der Waals surface area contributed by atoms with Gasteiger partial charge in [0.15, 0.2) is 11.5 Å². The number of para-hydroxylation sites is 1. The number of benzene rings is 2. The first-order valence-electron chi connectivity index (χ1n) is 9.28. The molecule has 0 spiro atoms. The fourth-order valence-corrected chi connectivity index (χ4v) is 3.49. The van der Waals surface area contributed by atoms with Crippen molar-refractivity contribution in [3.05, 3.63) is 59.4 Å². The van der Waals surface area contributed by atoms with Crippen molar-refractivity contribution in [2.45, 2.75) is 32.7 Å². The lowest BCUT2D eigenvalue weighted by molar-refractivity contribution is -0.121. The van der Waals surface area contributed by atoms with Gasteiger partial charge in [0.25, 0.3) is 0 Å². The molecule has 1 aliphatic heterocycles. The Morgan fingerprint density at radius 2 is 1.89 bits per heavy atom. The highest BCUT2D eigenvalue weighted by Crippen LogP contribution is 2.31. The van der Waals surface area contributed by atoms with Gasteiger partial charge in [0.1, 0.15) is 24.6 Å². The molecule has 4 rings (SSSR count). The monoisotopic (exact) mass is 365 g/mol. The van der Waals surface area contributed by atoms with E-state index in [2.05, 4.69) is 5.32 Å². The van der Waals surface area contributed by atoms with Crippen molar-refractivity contribution in [3.8, 4) is 11.5 Å². The molecule has 0 aliphatic carbocycles. The second-order valence-corrected chi connectivity index (χ2v) is 6.85. The summed E-state index contributed by atoms with van der Waals surface area (Å²) in [5.41, 5.74) is 2.98. The van der Waals surface area contributed by atoms with Gasteiger partial charge in [-0.15, -0.1) is 0 Å². The molecule has 27 heavy (non-hydrogen) atoms. The van der Waals surface area contributed by atoms with Crippen LogP contribution in [-0.2, 0) is 11.2 Å². The minimum atomic E-state index is -0.176. The van der Waals surface area contributed by atoms with Crippen LogP contribution in [0.2, 0.25) is 0 Å². The molecule has 140 valence electrons. The van der Waals surface area contributed by atoms with E-state index in [1.807, 2.05) is 56.3 Å². The quantitative estimate of drug-likeness (QED) is 0.731. The average Bonchev–Trinajstić information content (AvgIpc) is 3.03. The SMILES string of the molecule is Cc1c(C(C)NC(=O)CCc2ccc3c(c2)OCCO3)oc2ccccc12. The molecule has 0 radical (unpaired) electrons. The molecule has 2 aromatic carbocycles. The van der Waals surface area contributed by atoms with E-state index in [4.69, 9.17) is 13.9 Å². The minimum absolute atomic E-state index is 0.00255. The number of nitrogens with one attached hydrogen (secondary N) is 1. The average molecular weight is 365 g/mol. The van der Waals surface area contributed by atoms with Gasteiger partial charge < -0.3 is 19.2 Å². The molecule has 5 nitrogen and oxygen atoms in total. The number of fused-ring (bicyclic) bond motifs is 2. The maximum absolute atomic E-state index is 12.4. The summed E-state index contributed by atoms with van der Waals surface area (Å²) >= 11 is 0. The molecule has 1 N–H and O–H groups in total. The van der Waals surface area contributed by atoms with Gasteiger partial charge in [0.05, 0.1) is 6.04 Å². The number of aryl methyl sites for hydroxylation is 2. The number of furan rings is 1. The Bertz CT molecular complexity index is 976. The van der Waals surface area contributed by atoms with E-state index in [0.717, 1.165) is 39.4 Å². The first-order chi connectivity index (χ1) is 13.1. The molecule has 0 saturated heterocycles. The third-order valence-corrected chi connectivity index (χ3v) is 4.90.